The first-order valence-corrected chi connectivity index (χ1v) is 31.2. The van der Waals surface area contributed by atoms with Gasteiger partial charge in [0.15, 0.2) is 18.9 Å². The molecule has 474 valence electrons. The molecule has 17 unspecified atom stereocenters. The van der Waals surface area contributed by atoms with Crippen molar-refractivity contribution >= 4 is 5.91 Å². The molecule has 0 radical (unpaired) electrons. The Kier molecular flexibility index (Phi) is 40.8. The van der Waals surface area contributed by atoms with Crippen LogP contribution in [0.3, 0.4) is 0 Å². The van der Waals surface area contributed by atoms with Crippen molar-refractivity contribution in [1.82, 2.24) is 5.32 Å². The highest BCUT2D eigenvalue weighted by molar-refractivity contribution is 5.76. The Morgan fingerprint density at radius 2 is 0.854 bits per heavy atom. The quantitative estimate of drug-likeness (QED) is 0.0238. The predicted octanol–water partition coefficient (Wildman–Crippen LogP) is 6.21. The van der Waals surface area contributed by atoms with Gasteiger partial charge >= 0.3 is 0 Å². The molecule has 19 nitrogen and oxygen atoms in total. The molecule has 17 atom stereocenters. The number of aliphatic hydroxyl groups excluding tert-OH is 11. The summed E-state index contributed by atoms with van der Waals surface area (Å²) in [7, 11) is 0. The maximum Gasteiger partial charge on any atom is 0.220 e. The minimum absolute atomic E-state index is 0.217. The van der Waals surface area contributed by atoms with Crippen LogP contribution in [-0.2, 0) is 33.2 Å². The van der Waals surface area contributed by atoms with Crippen molar-refractivity contribution in [3.8, 4) is 0 Å². The summed E-state index contributed by atoms with van der Waals surface area (Å²) in [5.74, 6) is -0.303. The molecule has 3 aliphatic heterocycles. The van der Waals surface area contributed by atoms with Gasteiger partial charge in [0.1, 0.15) is 73.2 Å². The molecule has 0 spiro atoms. The van der Waals surface area contributed by atoms with E-state index in [0.717, 1.165) is 89.9 Å². The number of carbonyl (C=O) groups is 1. The summed E-state index contributed by atoms with van der Waals surface area (Å²) in [5, 5.41) is 120. The summed E-state index contributed by atoms with van der Waals surface area (Å²) in [6, 6.07) is -1.00. The van der Waals surface area contributed by atoms with Crippen LogP contribution in [0.15, 0.2) is 72.9 Å². The van der Waals surface area contributed by atoms with E-state index in [1.807, 2.05) is 6.08 Å². The Balaban J connectivity index is 1.52. The fraction of sp³-hybridized carbons (Fsp3) is 0.794. The van der Waals surface area contributed by atoms with Crippen molar-refractivity contribution in [1.29, 1.82) is 0 Å². The number of amides is 1. The van der Waals surface area contributed by atoms with Crippen LogP contribution in [0.2, 0.25) is 0 Å². The number of nitrogens with one attached hydrogen (secondary N) is 1. The second-order valence-electron chi connectivity index (χ2n) is 22.1. The number of aliphatic hydroxyl groups is 11. The fourth-order valence-corrected chi connectivity index (χ4v) is 10.1. The van der Waals surface area contributed by atoms with Crippen LogP contribution in [0.5, 0.6) is 0 Å². The first-order valence-electron chi connectivity index (χ1n) is 31.2. The highest BCUT2D eigenvalue weighted by Crippen LogP contribution is 2.33. The summed E-state index contributed by atoms with van der Waals surface area (Å²) in [6.45, 7) is 1.56. The van der Waals surface area contributed by atoms with Gasteiger partial charge in [-0.05, 0) is 77.0 Å². The number of unbranched alkanes of at least 4 members (excludes halogenated alkanes) is 19. The molecule has 0 aromatic carbocycles. The van der Waals surface area contributed by atoms with E-state index in [1.165, 1.54) is 64.2 Å². The summed E-state index contributed by atoms with van der Waals surface area (Å²) in [5.41, 5.74) is 0. The van der Waals surface area contributed by atoms with Gasteiger partial charge in [-0.1, -0.05) is 177 Å². The van der Waals surface area contributed by atoms with E-state index in [9.17, 15) is 61.0 Å². The van der Waals surface area contributed by atoms with E-state index in [2.05, 4.69) is 79.9 Å². The zero-order valence-corrected chi connectivity index (χ0v) is 49.4. The molecule has 3 rings (SSSR count). The number of rotatable bonds is 45. The fourth-order valence-electron chi connectivity index (χ4n) is 10.1. The second-order valence-corrected chi connectivity index (χ2v) is 22.1. The van der Waals surface area contributed by atoms with Gasteiger partial charge in [-0.3, -0.25) is 4.79 Å². The van der Waals surface area contributed by atoms with Gasteiger partial charge in [-0.2, -0.15) is 0 Å². The van der Waals surface area contributed by atoms with Crippen molar-refractivity contribution in [3.05, 3.63) is 72.9 Å². The van der Waals surface area contributed by atoms with Gasteiger partial charge in [0.25, 0.3) is 0 Å². The van der Waals surface area contributed by atoms with E-state index < -0.39 is 124 Å². The number of allylic oxidation sites excluding steroid dienone is 11. The van der Waals surface area contributed by atoms with Gasteiger partial charge in [0.05, 0.1) is 38.6 Å². The van der Waals surface area contributed by atoms with Crippen molar-refractivity contribution in [3.63, 3.8) is 0 Å². The Morgan fingerprint density at radius 1 is 0.451 bits per heavy atom. The van der Waals surface area contributed by atoms with Gasteiger partial charge in [-0.25, -0.2) is 0 Å². The van der Waals surface area contributed by atoms with E-state index in [-0.39, 0.29) is 18.9 Å². The van der Waals surface area contributed by atoms with E-state index in [0.29, 0.717) is 12.8 Å². The van der Waals surface area contributed by atoms with Crippen LogP contribution >= 0.6 is 0 Å². The number of hydrogen-bond donors (Lipinski definition) is 12. The van der Waals surface area contributed by atoms with Crippen LogP contribution in [0, 0.1) is 0 Å². The molecule has 82 heavy (non-hydrogen) atoms. The van der Waals surface area contributed by atoms with Crippen molar-refractivity contribution in [2.24, 2.45) is 0 Å². The first kappa shape index (κ1) is 73.5. The molecule has 0 aromatic heterocycles. The third-order valence-electron chi connectivity index (χ3n) is 15.2. The lowest BCUT2D eigenvalue weighted by Gasteiger charge is -2.48. The Bertz CT molecular complexity index is 1780. The first-order chi connectivity index (χ1) is 39.8. The topological polar surface area (TPSA) is 307 Å². The highest BCUT2D eigenvalue weighted by Gasteiger charge is 2.53. The summed E-state index contributed by atoms with van der Waals surface area (Å²) in [6.07, 6.45) is 27.3. The summed E-state index contributed by atoms with van der Waals surface area (Å²) in [4.78, 5) is 13.3. The maximum atomic E-state index is 13.3. The minimum Gasteiger partial charge on any atom is -0.394 e. The number of hydrogen-bond acceptors (Lipinski definition) is 18. The summed E-state index contributed by atoms with van der Waals surface area (Å²) >= 11 is 0. The normalized spacial score (nSPS) is 30.1. The average Bonchev–Trinajstić information content (AvgIpc) is 3.39. The van der Waals surface area contributed by atoms with E-state index in [4.69, 9.17) is 28.4 Å². The van der Waals surface area contributed by atoms with E-state index in [1.54, 1.807) is 6.08 Å². The Hall–Kier alpha value is -2.77. The molecule has 3 heterocycles. The molecule has 0 aliphatic carbocycles. The molecular formula is C63H109NO18. The third kappa shape index (κ3) is 28.6. The largest absolute Gasteiger partial charge is 0.394 e. The molecule has 3 saturated heterocycles. The van der Waals surface area contributed by atoms with Crippen LogP contribution in [0.1, 0.15) is 187 Å². The molecule has 3 fully saturated rings. The van der Waals surface area contributed by atoms with Gasteiger partial charge in [0.2, 0.25) is 5.91 Å². The molecule has 19 heteroatoms. The molecular weight excluding hydrogens is 1060 g/mol. The molecule has 0 saturated carbocycles. The van der Waals surface area contributed by atoms with Crippen LogP contribution in [-0.4, -0.2) is 193 Å². The van der Waals surface area contributed by atoms with Gasteiger partial charge in [0, 0.05) is 6.42 Å². The highest BCUT2D eigenvalue weighted by atomic mass is 16.8. The zero-order valence-electron chi connectivity index (χ0n) is 49.4. The standard InChI is InChI=1S/C63H109NO18/c1-3-5-7-9-11-13-15-17-19-21-22-23-25-26-28-30-32-34-36-38-40-47(68)46(64-51(69)41-39-37-35-33-31-29-27-24-20-18-16-14-12-10-8-6-4-2)45-77-61-57(75)54(72)59(49(43-66)79-61)82-63-58(76)55(73)60(50(44-67)80-63)81-62-56(74)53(71)52(70)48(42-65)78-62/h6,8,12,14,18,20,23,25,30,32,38,40,46-50,52-63,65-68,70-76H,3-5,7,9-11,13,15-17,19,21-22,24,26-29,31,33-37,39,41-45H2,1-2H3,(H,64,69)/b8-6-,14-12-,20-18-,25-23+,32-30+,40-38+. The van der Waals surface area contributed by atoms with Crippen molar-refractivity contribution < 1.29 is 89.4 Å². The molecule has 0 aromatic rings. The minimum atomic E-state index is -1.99. The molecule has 12 N–H and O–H groups in total. The average molecular weight is 1170 g/mol. The van der Waals surface area contributed by atoms with Crippen LogP contribution in [0.4, 0.5) is 0 Å². The SMILES string of the molecule is CC/C=C\C/C=C\C/C=C\CCCCCCCCCC(=O)NC(COC1OC(CO)C(OC2OC(CO)C(OC3OC(CO)C(O)C(O)C3O)C(O)C2O)C(O)C1O)C(O)/C=C/CC/C=C/CC/C=C/CCCCCCCCCCCC. The number of ether oxygens (including phenoxy) is 6. The lowest BCUT2D eigenvalue weighted by Crippen LogP contribution is -2.66. The molecule has 0 bridgehead atoms. The third-order valence-corrected chi connectivity index (χ3v) is 15.2. The van der Waals surface area contributed by atoms with E-state index >= 15 is 0 Å². The monoisotopic (exact) mass is 1170 g/mol. The number of carbonyl (C=O) groups excluding carboxylic acids is 1. The smallest absolute Gasteiger partial charge is 0.220 e. The van der Waals surface area contributed by atoms with Gasteiger partial charge < -0.3 is 89.9 Å². The lowest BCUT2D eigenvalue weighted by atomic mass is 9.96. The molecule has 3 aliphatic rings. The Labute approximate surface area is 489 Å². The lowest BCUT2D eigenvalue weighted by molar-refractivity contribution is -0.379. The van der Waals surface area contributed by atoms with Crippen LogP contribution in [0.25, 0.3) is 0 Å². The van der Waals surface area contributed by atoms with Crippen LogP contribution < -0.4 is 5.32 Å². The van der Waals surface area contributed by atoms with Crippen molar-refractivity contribution in [2.45, 2.75) is 291 Å². The van der Waals surface area contributed by atoms with Gasteiger partial charge in [-0.15, -0.1) is 0 Å². The second kappa shape index (κ2) is 45.5. The Morgan fingerprint density at radius 3 is 1.37 bits per heavy atom. The zero-order chi connectivity index (χ0) is 59.7. The summed E-state index contributed by atoms with van der Waals surface area (Å²) < 4.78 is 34.2. The predicted molar refractivity (Wildman–Crippen MR) is 314 cm³/mol. The van der Waals surface area contributed by atoms with Crippen molar-refractivity contribution in [2.75, 3.05) is 26.4 Å². The molecule has 1 amide bonds. The maximum absolute atomic E-state index is 13.3.